The highest BCUT2D eigenvalue weighted by Crippen LogP contribution is 2.18. The van der Waals surface area contributed by atoms with Gasteiger partial charge in [0.05, 0.1) is 10.9 Å². The van der Waals surface area contributed by atoms with Gasteiger partial charge in [-0.3, -0.25) is 24.0 Å². The van der Waals surface area contributed by atoms with Crippen LogP contribution < -0.4 is 11.0 Å². The number of nitrogens with one attached hydrogen (secondary N) is 1. The Morgan fingerprint density at radius 3 is 2.52 bits per heavy atom. The number of piperidine rings is 1. The Hall–Kier alpha value is -3.74. The highest BCUT2D eigenvalue weighted by atomic mass is 16.2. The van der Waals surface area contributed by atoms with Gasteiger partial charge in [-0.15, -0.1) is 0 Å². The number of rotatable bonds is 2. The second kappa shape index (κ2) is 7.50. The zero-order valence-corrected chi connectivity index (χ0v) is 17.3. The first-order valence-corrected chi connectivity index (χ1v) is 10.5. The number of aryl methyl sites for hydroxylation is 1. The molecule has 0 saturated carbocycles. The molecule has 0 unspecified atom stereocenters. The van der Waals surface area contributed by atoms with Gasteiger partial charge in [0.2, 0.25) is 0 Å². The minimum Gasteiger partial charge on any atom is -0.339 e. The molecule has 1 aromatic carbocycles. The SMILES string of the molecule is Cc1ccc2nc3c(cc(C(=O)N4CCCCC4)c(=N)n3-c3ccccc3)c(=O)n2c1. The van der Waals surface area contributed by atoms with Crippen LogP contribution >= 0.6 is 0 Å². The molecule has 0 spiro atoms. The molecule has 1 aliphatic rings. The zero-order valence-electron chi connectivity index (χ0n) is 17.3. The van der Waals surface area contributed by atoms with Crippen LogP contribution in [0.15, 0.2) is 59.5 Å². The Labute approximate surface area is 178 Å². The van der Waals surface area contributed by atoms with Gasteiger partial charge in [-0.25, -0.2) is 4.98 Å². The minimum atomic E-state index is -0.249. The van der Waals surface area contributed by atoms with E-state index in [4.69, 9.17) is 10.4 Å². The summed E-state index contributed by atoms with van der Waals surface area (Å²) in [5.41, 5.74) is 2.52. The molecule has 0 radical (unpaired) electrons. The van der Waals surface area contributed by atoms with Crippen LogP contribution in [0.2, 0.25) is 0 Å². The highest BCUT2D eigenvalue weighted by Gasteiger charge is 2.23. The number of hydrogen-bond donors (Lipinski definition) is 1. The zero-order chi connectivity index (χ0) is 21.5. The molecule has 1 fully saturated rings. The Kier molecular flexibility index (Phi) is 4.66. The van der Waals surface area contributed by atoms with Crippen molar-refractivity contribution in [2.24, 2.45) is 0 Å². The molecule has 1 aliphatic heterocycles. The van der Waals surface area contributed by atoms with Crippen LogP contribution in [-0.4, -0.2) is 37.8 Å². The molecule has 1 N–H and O–H groups in total. The molecule has 0 atom stereocenters. The van der Waals surface area contributed by atoms with E-state index in [0.717, 1.165) is 24.8 Å². The van der Waals surface area contributed by atoms with Crippen molar-refractivity contribution in [3.8, 4) is 5.69 Å². The summed E-state index contributed by atoms with van der Waals surface area (Å²) < 4.78 is 3.11. The lowest BCUT2D eigenvalue weighted by molar-refractivity contribution is 0.0722. The number of aromatic nitrogens is 3. The monoisotopic (exact) mass is 413 g/mol. The summed E-state index contributed by atoms with van der Waals surface area (Å²) in [5, 5.41) is 9.22. The Balaban J connectivity index is 1.87. The number of fused-ring (bicyclic) bond motifs is 2. The van der Waals surface area contributed by atoms with E-state index in [9.17, 15) is 9.59 Å². The first-order chi connectivity index (χ1) is 15.0. The fourth-order valence-electron chi connectivity index (χ4n) is 4.24. The van der Waals surface area contributed by atoms with Crippen LogP contribution in [0.3, 0.4) is 0 Å². The lowest BCUT2D eigenvalue weighted by Crippen LogP contribution is -2.40. The third-order valence-corrected chi connectivity index (χ3v) is 5.85. The van der Waals surface area contributed by atoms with E-state index in [-0.39, 0.29) is 22.5 Å². The van der Waals surface area contributed by atoms with E-state index in [1.807, 2.05) is 43.3 Å². The molecule has 1 amide bonds. The van der Waals surface area contributed by atoms with Gasteiger partial charge >= 0.3 is 0 Å². The van der Waals surface area contributed by atoms with Crippen LogP contribution in [0.25, 0.3) is 22.4 Å². The Bertz CT molecular complexity index is 1430. The molecular formula is C24H23N5O2. The van der Waals surface area contributed by atoms with Gasteiger partial charge in [-0.1, -0.05) is 24.3 Å². The molecule has 4 heterocycles. The second-order valence-electron chi connectivity index (χ2n) is 8.02. The van der Waals surface area contributed by atoms with E-state index >= 15 is 0 Å². The van der Waals surface area contributed by atoms with Crippen LogP contribution in [0.1, 0.15) is 35.2 Å². The molecule has 1 saturated heterocycles. The Morgan fingerprint density at radius 2 is 1.77 bits per heavy atom. The fourth-order valence-corrected chi connectivity index (χ4v) is 4.24. The van der Waals surface area contributed by atoms with E-state index < -0.39 is 0 Å². The number of carbonyl (C=O) groups excluding carboxylic acids is 1. The second-order valence-corrected chi connectivity index (χ2v) is 8.02. The number of pyridine rings is 2. The largest absolute Gasteiger partial charge is 0.339 e. The predicted molar refractivity (Wildman–Crippen MR) is 119 cm³/mol. The first kappa shape index (κ1) is 19.2. The lowest BCUT2D eigenvalue weighted by atomic mass is 10.1. The number of amides is 1. The number of nitrogens with zero attached hydrogens (tertiary/aromatic N) is 4. The van der Waals surface area contributed by atoms with Gasteiger partial charge in [0.15, 0.2) is 5.65 Å². The maximum absolute atomic E-state index is 13.4. The van der Waals surface area contributed by atoms with Crippen molar-refractivity contribution in [2.75, 3.05) is 13.1 Å². The summed E-state index contributed by atoms with van der Waals surface area (Å²) in [6.45, 7) is 3.27. The normalized spacial score (nSPS) is 14.3. The molecular weight excluding hydrogens is 390 g/mol. The van der Waals surface area contributed by atoms with Crippen LogP contribution in [0.4, 0.5) is 0 Å². The molecule has 0 aliphatic carbocycles. The number of likely N-dealkylation sites (tertiary alicyclic amines) is 1. The predicted octanol–water partition coefficient (Wildman–Crippen LogP) is 3.05. The van der Waals surface area contributed by atoms with Crippen molar-refractivity contribution < 1.29 is 4.79 Å². The molecule has 3 aromatic heterocycles. The summed E-state index contributed by atoms with van der Waals surface area (Å²) >= 11 is 0. The van der Waals surface area contributed by atoms with Gasteiger partial charge in [0.1, 0.15) is 11.1 Å². The Morgan fingerprint density at radius 1 is 1.03 bits per heavy atom. The van der Waals surface area contributed by atoms with Crippen molar-refractivity contribution in [3.05, 3.63) is 81.7 Å². The average Bonchev–Trinajstić information content (AvgIpc) is 2.80. The number of para-hydroxylation sites is 1. The van der Waals surface area contributed by atoms with E-state index in [0.29, 0.717) is 35.5 Å². The van der Waals surface area contributed by atoms with Crippen molar-refractivity contribution in [3.63, 3.8) is 0 Å². The maximum Gasteiger partial charge on any atom is 0.267 e. The van der Waals surface area contributed by atoms with E-state index in [1.165, 1.54) is 4.40 Å². The molecule has 7 heteroatoms. The summed E-state index contributed by atoms with van der Waals surface area (Å²) in [6.07, 6.45) is 4.77. The van der Waals surface area contributed by atoms with Crippen LogP contribution in [0, 0.1) is 12.3 Å². The highest BCUT2D eigenvalue weighted by molar-refractivity contribution is 5.97. The molecule has 0 bridgehead atoms. The molecule has 31 heavy (non-hydrogen) atoms. The van der Waals surface area contributed by atoms with Gasteiger partial charge in [-0.2, -0.15) is 0 Å². The summed E-state index contributed by atoms with van der Waals surface area (Å²) in [6, 6.07) is 14.6. The van der Waals surface area contributed by atoms with Crippen molar-refractivity contribution >= 4 is 22.6 Å². The number of hydrogen-bond acceptors (Lipinski definition) is 4. The maximum atomic E-state index is 13.4. The molecule has 156 valence electrons. The van der Waals surface area contributed by atoms with Crippen LogP contribution in [-0.2, 0) is 0 Å². The third-order valence-electron chi connectivity index (χ3n) is 5.85. The minimum absolute atomic E-state index is 0.0395. The van der Waals surface area contributed by atoms with E-state index in [1.54, 1.807) is 27.8 Å². The topological polar surface area (TPSA) is 83.5 Å². The van der Waals surface area contributed by atoms with Crippen LogP contribution in [0.5, 0.6) is 0 Å². The lowest BCUT2D eigenvalue weighted by Gasteiger charge is -2.27. The van der Waals surface area contributed by atoms with E-state index in [2.05, 4.69) is 0 Å². The summed E-state index contributed by atoms with van der Waals surface area (Å²) in [5.74, 6) is -0.204. The molecule has 5 rings (SSSR count). The number of carbonyl (C=O) groups is 1. The average molecular weight is 413 g/mol. The first-order valence-electron chi connectivity index (χ1n) is 10.5. The van der Waals surface area contributed by atoms with Crippen molar-refractivity contribution in [2.45, 2.75) is 26.2 Å². The van der Waals surface area contributed by atoms with Gasteiger partial charge in [-0.05, 0) is 56.0 Å². The molecule has 7 nitrogen and oxygen atoms in total. The standard InChI is InChI=1S/C24H23N5O2/c1-16-10-11-20-26-22-19(24(31)28(20)15-16)14-18(23(30)27-12-6-3-7-13-27)21(25)29(22)17-8-4-2-5-9-17/h2,4-5,8-11,14-15,25H,3,6-7,12-13H2,1H3. The van der Waals surface area contributed by atoms with Gasteiger partial charge < -0.3 is 4.90 Å². The third kappa shape index (κ3) is 3.22. The van der Waals surface area contributed by atoms with Crippen molar-refractivity contribution in [1.29, 1.82) is 5.41 Å². The molecule has 4 aromatic rings. The van der Waals surface area contributed by atoms with Gasteiger partial charge in [0, 0.05) is 25.0 Å². The van der Waals surface area contributed by atoms with Gasteiger partial charge in [0.25, 0.3) is 11.5 Å². The fraction of sp³-hybridized carbons (Fsp3) is 0.250. The van der Waals surface area contributed by atoms with Crippen molar-refractivity contribution in [1.82, 2.24) is 18.9 Å². The smallest absolute Gasteiger partial charge is 0.267 e. The quantitative estimate of drug-likeness (QED) is 0.513. The summed E-state index contributed by atoms with van der Waals surface area (Å²) in [4.78, 5) is 33.2. The number of benzene rings is 1. The summed E-state index contributed by atoms with van der Waals surface area (Å²) in [7, 11) is 0.